The Bertz CT molecular complexity index is 1130. The van der Waals surface area contributed by atoms with Gasteiger partial charge in [-0.15, -0.1) is 0 Å². The summed E-state index contributed by atoms with van der Waals surface area (Å²) in [5.41, 5.74) is 11.6. The fourth-order valence-corrected chi connectivity index (χ4v) is 5.71. The molecule has 0 aliphatic rings. The number of hydrogen-bond donors (Lipinski definition) is 3. The fraction of sp³-hybridized carbons (Fsp3) is 0.732. The van der Waals surface area contributed by atoms with Gasteiger partial charge >= 0.3 is 24.0 Å². The highest BCUT2D eigenvalue weighted by atomic mass is 16.6. The molecule has 302 valence electrons. The number of alkyl carbamates (subject to hydrolysis) is 1. The van der Waals surface area contributed by atoms with Gasteiger partial charge < -0.3 is 35.7 Å². The van der Waals surface area contributed by atoms with Crippen LogP contribution < -0.4 is 16.8 Å². The maximum atomic E-state index is 13.2. The minimum atomic E-state index is -1.08. The number of nitrogens with one attached hydrogen (secondary N) is 1. The number of rotatable bonds is 33. The van der Waals surface area contributed by atoms with Gasteiger partial charge in [0.1, 0.15) is 25.9 Å². The Balaban J connectivity index is 2.70. The highest BCUT2D eigenvalue weighted by molar-refractivity contribution is 5.81. The largest absolute Gasteiger partial charge is 0.462 e. The van der Waals surface area contributed by atoms with Crippen LogP contribution in [0.3, 0.4) is 0 Å². The van der Waals surface area contributed by atoms with Crippen LogP contribution in [0.2, 0.25) is 0 Å². The first kappa shape index (κ1) is 47.2. The van der Waals surface area contributed by atoms with Crippen molar-refractivity contribution in [3.8, 4) is 0 Å². The molecule has 12 heteroatoms. The average molecular weight is 747 g/mol. The number of aliphatic imine (C=N–C) groups is 1. The van der Waals surface area contributed by atoms with Crippen molar-refractivity contribution in [2.45, 2.75) is 174 Å². The highest BCUT2D eigenvalue weighted by Crippen LogP contribution is 2.14. The molecule has 2 atom stereocenters. The zero-order valence-corrected chi connectivity index (χ0v) is 32.8. The van der Waals surface area contributed by atoms with Crippen molar-refractivity contribution in [2.75, 3.05) is 19.8 Å². The number of amides is 1. The molecular formula is C41H70N4O8. The molecule has 12 nitrogen and oxygen atoms in total. The van der Waals surface area contributed by atoms with Crippen molar-refractivity contribution >= 4 is 30.0 Å². The second-order valence-electron chi connectivity index (χ2n) is 13.8. The number of carbonyl (C=O) groups is 4. The fourth-order valence-electron chi connectivity index (χ4n) is 5.71. The third-order valence-electron chi connectivity index (χ3n) is 8.84. The monoisotopic (exact) mass is 747 g/mol. The van der Waals surface area contributed by atoms with E-state index in [4.69, 9.17) is 30.4 Å². The van der Waals surface area contributed by atoms with E-state index in [9.17, 15) is 19.2 Å². The molecule has 1 aromatic carbocycles. The lowest BCUT2D eigenvalue weighted by molar-refractivity contribution is -0.167. The minimum absolute atomic E-state index is 0.0177. The molecule has 1 aromatic rings. The lowest BCUT2D eigenvalue weighted by Crippen LogP contribution is -2.43. The van der Waals surface area contributed by atoms with Crippen molar-refractivity contribution in [3.05, 3.63) is 35.9 Å². The summed E-state index contributed by atoms with van der Waals surface area (Å²) in [7, 11) is 0. The van der Waals surface area contributed by atoms with Gasteiger partial charge in [-0.2, -0.15) is 0 Å². The predicted molar refractivity (Wildman–Crippen MR) is 209 cm³/mol. The van der Waals surface area contributed by atoms with Gasteiger partial charge in [0.25, 0.3) is 0 Å². The summed E-state index contributed by atoms with van der Waals surface area (Å²) in [6.07, 6.45) is 19.4. The van der Waals surface area contributed by atoms with E-state index in [1.165, 1.54) is 64.2 Å². The highest BCUT2D eigenvalue weighted by Gasteiger charge is 2.26. The summed E-state index contributed by atoms with van der Waals surface area (Å²) in [4.78, 5) is 55.1. The molecule has 0 bridgehead atoms. The SMILES string of the molecule is CCCCCCCCCCCC(=O)OC[C@@H](COC(=O)[C@H](CCCN=C(N)N)NC(=O)OCc1ccccc1)OC(=O)CCCCCCCCCCC. The first-order valence-corrected chi connectivity index (χ1v) is 20.3. The summed E-state index contributed by atoms with van der Waals surface area (Å²) in [6.45, 7) is 4.08. The zero-order valence-electron chi connectivity index (χ0n) is 32.8. The lowest BCUT2D eigenvalue weighted by atomic mass is 10.1. The summed E-state index contributed by atoms with van der Waals surface area (Å²) in [5, 5.41) is 2.56. The van der Waals surface area contributed by atoms with Crippen LogP contribution in [0.25, 0.3) is 0 Å². The van der Waals surface area contributed by atoms with Gasteiger partial charge in [0.05, 0.1) is 0 Å². The van der Waals surface area contributed by atoms with Crippen LogP contribution in [-0.2, 0) is 39.9 Å². The molecule has 1 rings (SSSR count). The number of carbonyl (C=O) groups excluding carboxylic acids is 4. The van der Waals surface area contributed by atoms with Crippen molar-refractivity contribution in [3.63, 3.8) is 0 Å². The van der Waals surface area contributed by atoms with E-state index in [0.717, 1.165) is 50.5 Å². The molecule has 0 aliphatic heterocycles. The first-order chi connectivity index (χ1) is 25.7. The van der Waals surface area contributed by atoms with Crippen LogP contribution >= 0.6 is 0 Å². The molecule has 0 aliphatic carbocycles. The van der Waals surface area contributed by atoms with Crippen LogP contribution in [0.1, 0.15) is 161 Å². The van der Waals surface area contributed by atoms with Crippen molar-refractivity contribution in [1.82, 2.24) is 5.32 Å². The van der Waals surface area contributed by atoms with Crippen LogP contribution in [0, 0.1) is 0 Å². The van der Waals surface area contributed by atoms with Crippen molar-refractivity contribution in [1.29, 1.82) is 0 Å². The van der Waals surface area contributed by atoms with E-state index in [1.54, 1.807) is 0 Å². The molecule has 0 saturated heterocycles. The number of ether oxygens (including phenoxy) is 4. The van der Waals surface area contributed by atoms with Gasteiger partial charge in [-0.3, -0.25) is 14.6 Å². The Morgan fingerprint density at radius 2 is 1.15 bits per heavy atom. The Hall–Kier alpha value is -3.83. The maximum Gasteiger partial charge on any atom is 0.408 e. The van der Waals surface area contributed by atoms with Gasteiger partial charge in [0.2, 0.25) is 0 Å². The van der Waals surface area contributed by atoms with Crippen molar-refractivity contribution in [2.24, 2.45) is 16.5 Å². The van der Waals surface area contributed by atoms with E-state index >= 15 is 0 Å². The second kappa shape index (κ2) is 32.8. The zero-order chi connectivity index (χ0) is 38.8. The number of benzene rings is 1. The van der Waals surface area contributed by atoms with E-state index in [2.05, 4.69) is 24.2 Å². The average Bonchev–Trinajstić information content (AvgIpc) is 3.15. The molecule has 0 spiro atoms. The quantitative estimate of drug-likeness (QED) is 0.0209. The minimum Gasteiger partial charge on any atom is -0.462 e. The molecule has 5 N–H and O–H groups in total. The Labute approximate surface area is 318 Å². The molecule has 0 heterocycles. The normalized spacial score (nSPS) is 12.0. The van der Waals surface area contributed by atoms with Gasteiger partial charge in [0, 0.05) is 19.4 Å². The number of unbranched alkanes of at least 4 members (excludes halogenated alkanes) is 16. The van der Waals surface area contributed by atoms with Gasteiger partial charge in [0.15, 0.2) is 12.1 Å². The number of guanidine groups is 1. The Morgan fingerprint density at radius 3 is 1.70 bits per heavy atom. The third kappa shape index (κ3) is 28.4. The maximum absolute atomic E-state index is 13.2. The summed E-state index contributed by atoms with van der Waals surface area (Å²) >= 11 is 0. The molecule has 1 amide bonds. The van der Waals surface area contributed by atoms with Crippen LogP contribution in [0.15, 0.2) is 35.3 Å². The Kier molecular flexibility index (Phi) is 29.2. The number of esters is 3. The van der Waals surface area contributed by atoms with Gasteiger partial charge in [-0.25, -0.2) is 9.59 Å². The van der Waals surface area contributed by atoms with Gasteiger partial charge in [-0.1, -0.05) is 147 Å². The topological polar surface area (TPSA) is 182 Å². The standard InChI is InChI=1S/C41H70N4O8/c1-3-5-7-9-11-13-15-17-22-28-37(46)50-32-35(53-38(47)29-23-18-16-14-12-10-8-6-4-2)33-51-39(48)36(27-24-30-44-40(42)43)45-41(49)52-31-34-25-20-19-21-26-34/h19-21,25-26,35-36H,3-18,22-24,27-33H2,1-2H3,(H,45,49)(H4,42,43,44)/t35-,36-/m0/s1. The Morgan fingerprint density at radius 1 is 0.642 bits per heavy atom. The third-order valence-corrected chi connectivity index (χ3v) is 8.84. The summed E-state index contributed by atoms with van der Waals surface area (Å²) < 4.78 is 22.0. The van der Waals surface area contributed by atoms with Crippen LogP contribution in [-0.4, -0.2) is 61.9 Å². The number of nitrogens with two attached hydrogens (primary N) is 2. The molecule has 53 heavy (non-hydrogen) atoms. The van der Waals surface area contributed by atoms with E-state index in [-0.39, 0.29) is 57.6 Å². The van der Waals surface area contributed by atoms with E-state index in [1.807, 2.05) is 30.3 Å². The van der Waals surface area contributed by atoms with Gasteiger partial charge in [-0.05, 0) is 31.2 Å². The predicted octanol–water partition coefficient (Wildman–Crippen LogP) is 8.18. The van der Waals surface area contributed by atoms with Crippen LogP contribution in [0.4, 0.5) is 4.79 Å². The summed E-state index contributed by atoms with van der Waals surface area (Å²) in [6, 6.07) is 8.06. The first-order valence-electron chi connectivity index (χ1n) is 20.3. The van der Waals surface area contributed by atoms with E-state index < -0.39 is 30.2 Å². The van der Waals surface area contributed by atoms with Crippen molar-refractivity contribution < 1.29 is 38.1 Å². The molecule has 0 saturated carbocycles. The molecule has 0 aromatic heterocycles. The smallest absolute Gasteiger partial charge is 0.408 e. The van der Waals surface area contributed by atoms with Crippen LogP contribution in [0.5, 0.6) is 0 Å². The van der Waals surface area contributed by atoms with E-state index in [0.29, 0.717) is 12.8 Å². The summed E-state index contributed by atoms with van der Waals surface area (Å²) in [5.74, 6) is -1.67. The second-order valence-corrected chi connectivity index (χ2v) is 13.8. The number of hydrogen-bond acceptors (Lipinski definition) is 9. The number of nitrogens with zero attached hydrogens (tertiary/aromatic N) is 1. The molecule has 0 unspecified atom stereocenters. The molecular weight excluding hydrogens is 676 g/mol. The molecule has 0 fully saturated rings. The lowest BCUT2D eigenvalue weighted by Gasteiger charge is -2.21. The molecule has 0 radical (unpaired) electrons.